The minimum atomic E-state index is -0.817. The zero-order chi connectivity index (χ0) is 36.1. The summed E-state index contributed by atoms with van der Waals surface area (Å²) in [6, 6.07) is 67.1. The summed E-state index contributed by atoms with van der Waals surface area (Å²) < 4.78 is 13.4. The van der Waals surface area contributed by atoms with Gasteiger partial charge in [-0.1, -0.05) is 140 Å². The number of fused-ring (bicyclic) bond motifs is 8. The Kier molecular flexibility index (Phi) is 7.48. The quantitative estimate of drug-likeness (QED) is 0.162. The van der Waals surface area contributed by atoms with Crippen LogP contribution in [0.25, 0.3) is 22.3 Å². The van der Waals surface area contributed by atoms with Crippen molar-refractivity contribution in [3.05, 3.63) is 222 Å². The number of hydrogen-bond donors (Lipinski definition) is 0. The van der Waals surface area contributed by atoms with Crippen LogP contribution in [0.4, 0.5) is 17.1 Å². The van der Waals surface area contributed by atoms with Crippen molar-refractivity contribution in [3.63, 3.8) is 0 Å². The Morgan fingerprint density at radius 3 is 1.72 bits per heavy atom. The standard InChI is InChI=1S/C50H33NO3/c52-33-34-26-28-43-49(30-34)54-47-25-12-9-22-42(47)50(43)41-21-8-11-24-46(41)53-48-29-27-39(32-44(48)50)51(38-19-13-18-37(31-38)35-14-3-1-4-15-35)45-23-10-7-20-40(45)36-16-5-2-6-17-36/h1-33H. The zero-order valence-electron chi connectivity index (χ0n) is 29.2. The fraction of sp³-hybridized carbons (Fsp3) is 0.0200. The molecule has 0 saturated carbocycles. The lowest BCUT2D eigenvalue weighted by Gasteiger charge is -2.45. The molecule has 0 fully saturated rings. The first-order valence-corrected chi connectivity index (χ1v) is 18.1. The van der Waals surface area contributed by atoms with E-state index in [2.05, 4.69) is 150 Å². The van der Waals surface area contributed by atoms with Crippen molar-refractivity contribution in [2.75, 3.05) is 4.90 Å². The molecule has 8 aromatic rings. The van der Waals surface area contributed by atoms with Crippen molar-refractivity contribution in [2.45, 2.75) is 5.41 Å². The zero-order valence-corrected chi connectivity index (χ0v) is 29.2. The van der Waals surface area contributed by atoms with Gasteiger partial charge in [0, 0.05) is 44.8 Å². The van der Waals surface area contributed by atoms with Crippen LogP contribution in [-0.2, 0) is 5.41 Å². The Hall–Kier alpha value is -7.17. The third-order valence-corrected chi connectivity index (χ3v) is 10.6. The normalized spacial score (nSPS) is 14.7. The largest absolute Gasteiger partial charge is 0.457 e. The van der Waals surface area contributed by atoms with E-state index in [9.17, 15) is 4.79 Å². The van der Waals surface area contributed by atoms with Gasteiger partial charge in [0.15, 0.2) is 0 Å². The first-order chi connectivity index (χ1) is 26.7. The number of rotatable bonds is 6. The van der Waals surface area contributed by atoms with E-state index in [4.69, 9.17) is 9.47 Å². The van der Waals surface area contributed by atoms with E-state index < -0.39 is 5.41 Å². The molecule has 0 bridgehead atoms. The van der Waals surface area contributed by atoms with Crippen molar-refractivity contribution < 1.29 is 14.3 Å². The molecule has 0 N–H and O–H groups in total. The predicted octanol–water partition coefficient (Wildman–Crippen LogP) is 12.9. The molecule has 0 radical (unpaired) electrons. The third kappa shape index (κ3) is 4.96. The van der Waals surface area contributed by atoms with Crippen LogP contribution in [0.15, 0.2) is 194 Å². The molecule has 4 nitrogen and oxygen atoms in total. The van der Waals surface area contributed by atoms with Crippen LogP contribution in [0.5, 0.6) is 23.0 Å². The van der Waals surface area contributed by atoms with Crippen LogP contribution in [0.3, 0.4) is 0 Å². The maximum absolute atomic E-state index is 12.1. The molecule has 1 unspecified atom stereocenters. The number of benzene rings is 8. The lowest BCUT2D eigenvalue weighted by atomic mass is 9.62. The SMILES string of the molecule is O=Cc1ccc2c(c1)Oc1ccccc1C21c2ccccc2Oc2ccc(N(c3cccc(-c4ccccc4)c3)c3ccccc3-c3ccccc3)cc21. The van der Waals surface area contributed by atoms with E-state index in [1.165, 1.54) is 0 Å². The number of ether oxygens (including phenoxy) is 2. The van der Waals surface area contributed by atoms with Crippen molar-refractivity contribution >= 4 is 23.3 Å². The van der Waals surface area contributed by atoms with Crippen LogP contribution < -0.4 is 14.4 Å². The molecule has 2 heterocycles. The fourth-order valence-corrected chi connectivity index (χ4v) is 8.30. The van der Waals surface area contributed by atoms with Crippen molar-refractivity contribution in [2.24, 2.45) is 0 Å². The van der Waals surface area contributed by atoms with Gasteiger partial charge in [-0.3, -0.25) is 4.79 Å². The van der Waals surface area contributed by atoms with Crippen LogP contribution in [0, 0.1) is 0 Å². The number of carbonyl (C=O) groups is 1. The predicted molar refractivity (Wildman–Crippen MR) is 216 cm³/mol. The van der Waals surface area contributed by atoms with Gasteiger partial charge in [0.25, 0.3) is 0 Å². The number of aldehydes is 1. The topological polar surface area (TPSA) is 38.8 Å². The highest BCUT2D eigenvalue weighted by Gasteiger charge is 2.50. The number of para-hydroxylation sites is 3. The molecule has 2 aliphatic rings. The molecule has 2 aliphatic heterocycles. The van der Waals surface area contributed by atoms with E-state index in [1.54, 1.807) is 0 Å². The first kappa shape index (κ1) is 31.6. The summed E-state index contributed by atoms with van der Waals surface area (Å²) in [6.45, 7) is 0. The average Bonchev–Trinajstić information content (AvgIpc) is 3.24. The third-order valence-electron chi connectivity index (χ3n) is 10.6. The van der Waals surface area contributed by atoms with Gasteiger partial charge in [-0.15, -0.1) is 0 Å². The highest BCUT2D eigenvalue weighted by molar-refractivity contribution is 5.90. The number of nitrogens with zero attached hydrogens (tertiary/aromatic N) is 1. The average molecular weight is 696 g/mol. The smallest absolute Gasteiger partial charge is 0.150 e. The summed E-state index contributed by atoms with van der Waals surface area (Å²) in [5.74, 6) is 2.92. The Morgan fingerprint density at radius 1 is 0.407 bits per heavy atom. The number of hydrogen-bond acceptors (Lipinski definition) is 4. The van der Waals surface area contributed by atoms with Gasteiger partial charge < -0.3 is 14.4 Å². The Bertz CT molecular complexity index is 2690. The molecule has 4 heteroatoms. The number of carbonyl (C=O) groups excluding carboxylic acids is 1. The molecule has 0 aliphatic carbocycles. The molecular weight excluding hydrogens is 663 g/mol. The summed E-state index contributed by atoms with van der Waals surface area (Å²) in [7, 11) is 0. The lowest BCUT2D eigenvalue weighted by molar-refractivity contribution is 0.112. The molecule has 0 saturated heterocycles. The van der Waals surface area contributed by atoms with E-state index in [-0.39, 0.29) is 0 Å². The van der Waals surface area contributed by atoms with E-state index in [0.717, 1.165) is 85.1 Å². The first-order valence-electron chi connectivity index (χ1n) is 18.1. The van der Waals surface area contributed by atoms with Gasteiger partial charge in [0.1, 0.15) is 29.3 Å². The van der Waals surface area contributed by atoms with Gasteiger partial charge >= 0.3 is 0 Å². The molecule has 54 heavy (non-hydrogen) atoms. The maximum atomic E-state index is 12.1. The fourth-order valence-electron chi connectivity index (χ4n) is 8.30. The van der Waals surface area contributed by atoms with Gasteiger partial charge in [-0.25, -0.2) is 0 Å². The monoisotopic (exact) mass is 695 g/mol. The second kappa shape index (κ2) is 12.8. The minimum Gasteiger partial charge on any atom is -0.457 e. The number of anilines is 3. The van der Waals surface area contributed by atoms with Crippen LogP contribution >= 0.6 is 0 Å². The summed E-state index contributed by atoms with van der Waals surface area (Å²) in [4.78, 5) is 14.4. The van der Waals surface area contributed by atoms with Gasteiger partial charge in [0.05, 0.1) is 11.1 Å². The van der Waals surface area contributed by atoms with Crippen LogP contribution in [-0.4, -0.2) is 6.29 Å². The van der Waals surface area contributed by atoms with Crippen LogP contribution in [0.2, 0.25) is 0 Å². The molecule has 1 atom stereocenters. The molecule has 0 aromatic heterocycles. The molecular formula is C50H33NO3. The Balaban J connectivity index is 1.27. The van der Waals surface area contributed by atoms with E-state index in [1.807, 2.05) is 48.5 Å². The summed E-state index contributed by atoms with van der Waals surface area (Å²) in [6.07, 6.45) is 0.867. The highest BCUT2D eigenvalue weighted by Crippen LogP contribution is 2.62. The van der Waals surface area contributed by atoms with Crippen molar-refractivity contribution in [1.82, 2.24) is 0 Å². The maximum Gasteiger partial charge on any atom is 0.150 e. The van der Waals surface area contributed by atoms with Crippen molar-refractivity contribution in [3.8, 4) is 45.3 Å². The summed E-state index contributed by atoms with van der Waals surface area (Å²) in [5, 5.41) is 0. The Morgan fingerprint density at radius 2 is 0.981 bits per heavy atom. The molecule has 8 aromatic carbocycles. The minimum absolute atomic E-state index is 0.555. The molecule has 10 rings (SSSR count). The Labute approximate surface area is 314 Å². The van der Waals surface area contributed by atoms with E-state index >= 15 is 0 Å². The molecule has 256 valence electrons. The highest BCUT2D eigenvalue weighted by atomic mass is 16.5. The lowest BCUT2D eigenvalue weighted by Crippen LogP contribution is -2.37. The van der Waals surface area contributed by atoms with Gasteiger partial charge in [0.2, 0.25) is 0 Å². The molecule has 1 spiro atoms. The molecule has 0 amide bonds. The van der Waals surface area contributed by atoms with Crippen molar-refractivity contribution in [1.29, 1.82) is 0 Å². The summed E-state index contributed by atoms with van der Waals surface area (Å²) in [5.41, 5.74) is 11.2. The van der Waals surface area contributed by atoms with E-state index in [0.29, 0.717) is 11.3 Å². The summed E-state index contributed by atoms with van der Waals surface area (Å²) >= 11 is 0. The van der Waals surface area contributed by atoms with Crippen LogP contribution in [0.1, 0.15) is 32.6 Å². The second-order valence-electron chi connectivity index (χ2n) is 13.6. The van der Waals surface area contributed by atoms with Gasteiger partial charge in [-0.2, -0.15) is 0 Å². The second-order valence-corrected chi connectivity index (χ2v) is 13.6. The van der Waals surface area contributed by atoms with Gasteiger partial charge in [-0.05, 0) is 71.3 Å².